The largest absolute Gasteiger partial charge is 0.416 e. The number of amides is 1. The van der Waals surface area contributed by atoms with Gasteiger partial charge in [-0.3, -0.25) is 9.10 Å². The van der Waals surface area contributed by atoms with Crippen molar-refractivity contribution in [3.05, 3.63) is 89.5 Å². The van der Waals surface area contributed by atoms with E-state index in [0.29, 0.717) is 34.7 Å². The van der Waals surface area contributed by atoms with Gasteiger partial charge in [0.15, 0.2) is 0 Å². The van der Waals surface area contributed by atoms with Crippen LogP contribution in [0.15, 0.2) is 72.8 Å². The molecule has 2 N–H and O–H groups in total. The van der Waals surface area contributed by atoms with Gasteiger partial charge in [-0.15, -0.1) is 0 Å². The lowest BCUT2D eigenvalue weighted by Gasteiger charge is -2.24. The molecule has 0 aliphatic carbocycles. The zero-order valence-corrected chi connectivity index (χ0v) is 21.8. The Bertz CT molecular complexity index is 1470. The average Bonchev–Trinajstić information content (AvgIpc) is 3.17. The fraction of sp³-hybridized carbons (Fsp3) is 0.222. The number of sulfonamides is 1. The predicted octanol–water partition coefficient (Wildman–Crippen LogP) is 4.97. The molecule has 0 bridgehead atoms. The molecule has 38 heavy (non-hydrogen) atoms. The van der Waals surface area contributed by atoms with Crippen molar-refractivity contribution in [3.63, 3.8) is 0 Å². The highest BCUT2D eigenvalue weighted by Crippen LogP contribution is 2.41. The van der Waals surface area contributed by atoms with Gasteiger partial charge in [0, 0.05) is 30.0 Å². The van der Waals surface area contributed by atoms with Crippen LogP contribution in [0.4, 0.5) is 30.2 Å². The molecule has 7 nitrogen and oxygen atoms in total. The molecular weight excluding hydrogens is 517 g/mol. The minimum absolute atomic E-state index is 0.0788. The molecule has 0 saturated carbocycles. The van der Waals surface area contributed by atoms with Gasteiger partial charge in [0.25, 0.3) is 5.91 Å². The number of carbonyl (C=O) groups is 1. The topological polar surface area (TPSA) is 81.8 Å². The van der Waals surface area contributed by atoms with Crippen molar-refractivity contribution in [1.82, 2.24) is 4.90 Å². The minimum Gasteiger partial charge on any atom is -0.354 e. The number of rotatable bonds is 8. The predicted molar refractivity (Wildman–Crippen MR) is 144 cm³/mol. The Hall–Kier alpha value is -3.83. The van der Waals surface area contributed by atoms with Crippen LogP contribution >= 0.6 is 0 Å². The summed E-state index contributed by atoms with van der Waals surface area (Å²) in [6.45, 7) is 0.802. The van der Waals surface area contributed by atoms with Crippen LogP contribution in [0, 0.1) is 0 Å². The number of alkyl halides is 3. The SMILES string of the molecule is CN(C)CCN(c1ccc(N/C(=C2\C(=O)Nc3cc(C(F)(F)F)ccc32)c2ccccc2)cc1)S(C)(=O)=O. The molecule has 0 fully saturated rings. The quantitative estimate of drug-likeness (QED) is 0.392. The highest BCUT2D eigenvalue weighted by atomic mass is 32.2. The molecule has 1 heterocycles. The zero-order valence-electron chi connectivity index (χ0n) is 21.0. The molecule has 1 amide bonds. The Balaban J connectivity index is 1.74. The van der Waals surface area contributed by atoms with E-state index in [9.17, 15) is 26.4 Å². The molecule has 0 radical (unpaired) electrons. The third-order valence-electron chi connectivity index (χ3n) is 5.98. The summed E-state index contributed by atoms with van der Waals surface area (Å²) >= 11 is 0. The van der Waals surface area contributed by atoms with E-state index < -0.39 is 27.7 Å². The van der Waals surface area contributed by atoms with Crippen molar-refractivity contribution in [1.29, 1.82) is 0 Å². The molecule has 0 atom stereocenters. The van der Waals surface area contributed by atoms with Crippen LogP contribution in [0.3, 0.4) is 0 Å². The average molecular weight is 545 g/mol. The minimum atomic E-state index is -4.54. The zero-order chi connectivity index (χ0) is 27.7. The van der Waals surface area contributed by atoms with Crippen molar-refractivity contribution >= 4 is 44.3 Å². The summed E-state index contributed by atoms with van der Waals surface area (Å²) in [6, 6.07) is 18.8. The number of hydrogen-bond acceptors (Lipinski definition) is 5. The van der Waals surface area contributed by atoms with E-state index in [2.05, 4.69) is 10.6 Å². The molecule has 11 heteroatoms. The number of carbonyl (C=O) groups excluding carboxylic acids is 1. The van der Waals surface area contributed by atoms with Gasteiger partial charge in [-0.05, 0) is 56.1 Å². The molecule has 200 valence electrons. The highest BCUT2D eigenvalue weighted by molar-refractivity contribution is 7.92. The van der Waals surface area contributed by atoms with Crippen LogP contribution < -0.4 is 14.9 Å². The van der Waals surface area contributed by atoms with Crippen molar-refractivity contribution < 1.29 is 26.4 Å². The molecule has 1 aliphatic heterocycles. The number of benzene rings is 3. The van der Waals surface area contributed by atoms with Crippen LogP contribution in [0.5, 0.6) is 0 Å². The van der Waals surface area contributed by atoms with E-state index in [0.717, 1.165) is 18.4 Å². The van der Waals surface area contributed by atoms with Crippen LogP contribution in [0.25, 0.3) is 11.3 Å². The lowest BCUT2D eigenvalue weighted by atomic mass is 9.99. The first-order valence-electron chi connectivity index (χ1n) is 11.7. The van der Waals surface area contributed by atoms with Gasteiger partial charge in [-0.2, -0.15) is 13.2 Å². The summed E-state index contributed by atoms with van der Waals surface area (Å²) in [4.78, 5) is 14.9. The van der Waals surface area contributed by atoms with Gasteiger partial charge in [-0.25, -0.2) is 8.42 Å². The number of halogens is 3. The molecule has 0 aromatic heterocycles. The van der Waals surface area contributed by atoms with Gasteiger partial charge in [-0.1, -0.05) is 36.4 Å². The second-order valence-corrected chi connectivity index (χ2v) is 11.0. The van der Waals surface area contributed by atoms with E-state index in [-0.39, 0.29) is 17.8 Å². The smallest absolute Gasteiger partial charge is 0.354 e. The highest BCUT2D eigenvalue weighted by Gasteiger charge is 2.35. The molecular formula is C27H27F3N4O3S. The Kier molecular flexibility index (Phi) is 7.52. The summed E-state index contributed by atoms with van der Waals surface area (Å²) in [7, 11) is 0.193. The number of anilines is 3. The van der Waals surface area contributed by atoms with Crippen LogP contribution in [0.1, 0.15) is 16.7 Å². The van der Waals surface area contributed by atoms with Crippen molar-refractivity contribution in [2.45, 2.75) is 6.18 Å². The standard InChI is InChI=1S/C27H27F3N4O3S/c1-33(2)15-16-34(38(3,36)37)21-12-10-20(11-13-21)31-25(18-7-5-4-6-8-18)24-22-14-9-19(27(28,29)30)17-23(22)32-26(24)35/h4-14,17,31H,15-16H2,1-3H3,(H,32,35)/b25-24-. The number of nitrogens with zero attached hydrogens (tertiary/aromatic N) is 2. The van der Waals surface area contributed by atoms with Gasteiger partial charge in [0.05, 0.1) is 28.8 Å². The Labute approximate surface area is 219 Å². The molecule has 0 saturated heterocycles. The van der Waals surface area contributed by atoms with E-state index in [1.807, 2.05) is 25.1 Å². The Morgan fingerprint density at radius 3 is 2.18 bits per heavy atom. The third-order valence-corrected chi connectivity index (χ3v) is 7.17. The number of hydrogen-bond donors (Lipinski definition) is 2. The fourth-order valence-corrected chi connectivity index (χ4v) is 5.03. The van der Waals surface area contributed by atoms with Crippen LogP contribution in [-0.4, -0.2) is 52.7 Å². The second-order valence-electron chi connectivity index (χ2n) is 9.14. The van der Waals surface area contributed by atoms with E-state index in [4.69, 9.17) is 0 Å². The molecule has 1 aliphatic rings. The maximum atomic E-state index is 13.2. The third kappa shape index (κ3) is 6.00. The lowest BCUT2D eigenvalue weighted by molar-refractivity contribution is -0.137. The van der Waals surface area contributed by atoms with Crippen LogP contribution in [0.2, 0.25) is 0 Å². The van der Waals surface area contributed by atoms with E-state index in [1.54, 1.807) is 48.5 Å². The Morgan fingerprint density at radius 2 is 1.61 bits per heavy atom. The fourth-order valence-electron chi connectivity index (χ4n) is 4.11. The molecule has 3 aromatic carbocycles. The lowest BCUT2D eigenvalue weighted by Crippen LogP contribution is -2.35. The first-order valence-corrected chi connectivity index (χ1v) is 13.5. The van der Waals surface area contributed by atoms with E-state index in [1.165, 1.54) is 10.4 Å². The summed E-state index contributed by atoms with van der Waals surface area (Å²) in [5.74, 6) is -0.533. The monoisotopic (exact) mass is 544 g/mol. The van der Waals surface area contributed by atoms with Crippen molar-refractivity contribution in [2.24, 2.45) is 0 Å². The maximum Gasteiger partial charge on any atom is 0.416 e. The first-order chi connectivity index (χ1) is 17.8. The van der Waals surface area contributed by atoms with Gasteiger partial charge in [0.2, 0.25) is 10.0 Å². The van der Waals surface area contributed by atoms with Gasteiger partial charge < -0.3 is 15.5 Å². The second kappa shape index (κ2) is 10.5. The Morgan fingerprint density at radius 1 is 0.947 bits per heavy atom. The number of likely N-dealkylation sites (N-methyl/N-ethyl adjacent to an activating group) is 1. The molecule has 3 aromatic rings. The van der Waals surface area contributed by atoms with Gasteiger partial charge >= 0.3 is 6.18 Å². The first kappa shape index (κ1) is 27.2. The molecule has 0 unspecified atom stereocenters. The summed E-state index contributed by atoms with van der Waals surface area (Å²) in [5.41, 5.74) is 1.87. The number of nitrogens with one attached hydrogen (secondary N) is 2. The normalized spacial score (nSPS) is 14.8. The molecule has 0 spiro atoms. The van der Waals surface area contributed by atoms with E-state index >= 15 is 0 Å². The van der Waals surface area contributed by atoms with Crippen LogP contribution in [-0.2, 0) is 21.0 Å². The van der Waals surface area contributed by atoms with Gasteiger partial charge in [0.1, 0.15) is 0 Å². The number of fused-ring (bicyclic) bond motifs is 1. The molecule has 4 rings (SSSR count). The summed E-state index contributed by atoms with van der Waals surface area (Å²) in [5, 5.41) is 5.77. The summed E-state index contributed by atoms with van der Waals surface area (Å²) in [6.07, 6.45) is -3.39. The summed E-state index contributed by atoms with van der Waals surface area (Å²) < 4.78 is 65.8. The maximum absolute atomic E-state index is 13.2. The van der Waals surface area contributed by atoms with Crippen molar-refractivity contribution in [2.75, 3.05) is 48.4 Å². The van der Waals surface area contributed by atoms with Crippen molar-refractivity contribution in [3.8, 4) is 0 Å².